The van der Waals surface area contributed by atoms with Crippen LogP contribution in [-0.2, 0) is 6.18 Å². The molecule has 1 fully saturated rings. The highest BCUT2D eigenvalue weighted by Gasteiger charge is 2.35. The molecule has 1 aromatic carbocycles. The molecule has 8 heteroatoms. The normalized spacial score (nSPS) is 19.2. The van der Waals surface area contributed by atoms with Gasteiger partial charge >= 0.3 is 6.18 Å². The zero-order valence-corrected chi connectivity index (χ0v) is 15.3. The van der Waals surface area contributed by atoms with Crippen LogP contribution >= 0.6 is 22.9 Å². The van der Waals surface area contributed by atoms with Gasteiger partial charge in [0.2, 0.25) is 0 Å². The summed E-state index contributed by atoms with van der Waals surface area (Å²) in [5.74, 6) is -0.607. The number of alkyl halides is 3. The van der Waals surface area contributed by atoms with E-state index in [-0.39, 0.29) is 17.6 Å². The molecule has 2 aromatic rings. The molecule has 0 unspecified atom stereocenters. The van der Waals surface area contributed by atoms with Crippen LogP contribution in [0.25, 0.3) is 0 Å². The molecule has 0 saturated carbocycles. The van der Waals surface area contributed by atoms with Gasteiger partial charge in [-0.25, -0.2) is 0 Å². The van der Waals surface area contributed by atoms with Gasteiger partial charge in [0.1, 0.15) is 0 Å². The topological polar surface area (TPSA) is 41.1 Å². The van der Waals surface area contributed by atoms with Crippen molar-refractivity contribution in [3.63, 3.8) is 0 Å². The molecule has 1 aliphatic heterocycles. The number of halogens is 4. The van der Waals surface area contributed by atoms with Gasteiger partial charge in [0.25, 0.3) is 5.91 Å². The Morgan fingerprint density at radius 1 is 1.31 bits per heavy atom. The quantitative estimate of drug-likeness (QED) is 0.752. The van der Waals surface area contributed by atoms with Crippen molar-refractivity contribution in [2.75, 3.05) is 6.54 Å². The number of rotatable bonds is 4. The molecular weight excluding hydrogens is 385 g/mol. The Balaban J connectivity index is 1.87. The van der Waals surface area contributed by atoms with Gasteiger partial charge in [-0.15, -0.1) is 0 Å². The Bertz CT molecular complexity index is 758. The summed E-state index contributed by atoms with van der Waals surface area (Å²) in [4.78, 5) is 12.7. The first kappa shape index (κ1) is 19.2. The second-order valence-corrected chi connectivity index (χ2v) is 7.39. The first-order valence-corrected chi connectivity index (χ1v) is 9.62. The summed E-state index contributed by atoms with van der Waals surface area (Å²) < 4.78 is 39.1. The number of piperidine rings is 1. The summed E-state index contributed by atoms with van der Waals surface area (Å²) in [7, 11) is 0. The number of thiophene rings is 1. The standard InChI is InChI=1S/C18H18ClF3N2OS/c19-15-12(4-3-5-13(15)18(20,21)22)17(25)24-16(11-7-9-26-10-11)14-6-1-2-8-23-14/h3-5,7,9-10,14,16,23H,1-2,6,8H2,(H,24,25)/t14-,16-/m0/s1. The number of nitrogens with one attached hydrogen (secondary N) is 2. The predicted molar refractivity (Wildman–Crippen MR) is 96.6 cm³/mol. The number of benzene rings is 1. The lowest BCUT2D eigenvalue weighted by molar-refractivity contribution is -0.137. The van der Waals surface area contributed by atoms with E-state index in [1.54, 1.807) is 0 Å². The molecule has 3 rings (SSSR count). The Hall–Kier alpha value is -1.57. The van der Waals surface area contributed by atoms with E-state index in [1.807, 2.05) is 16.8 Å². The summed E-state index contributed by atoms with van der Waals surface area (Å²) in [6, 6.07) is 5.01. The maximum atomic E-state index is 13.0. The maximum Gasteiger partial charge on any atom is 0.417 e. The Kier molecular flexibility index (Phi) is 5.89. The molecule has 1 aliphatic rings. The zero-order chi connectivity index (χ0) is 18.7. The fraction of sp³-hybridized carbons (Fsp3) is 0.389. The number of carbonyl (C=O) groups excluding carboxylic acids is 1. The van der Waals surface area contributed by atoms with Crippen LogP contribution < -0.4 is 10.6 Å². The Morgan fingerprint density at radius 3 is 2.73 bits per heavy atom. The molecule has 1 saturated heterocycles. The van der Waals surface area contributed by atoms with E-state index < -0.39 is 22.7 Å². The van der Waals surface area contributed by atoms with Gasteiger partial charge in [-0.3, -0.25) is 4.79 Å². The van der Waals surface area contributed by atoms with Crippen molar-refractivity contribution in [3.05, 3.63) is 56.7 Å². The first-order valence-electron chi connectivity index (χ1n) is 8.30. The van der Waals surface area contributed by atoms with Crippen LogP contribution in [0.2, 0.25) is 5.02 Å². The fourth-order valence-corrected chi connectivity index (χ4v) is 4.19. The molecule has 2 N–H and O–H groups in total. The predicted octanol–water partition coefficient (Wildman–Crippen LogP) is 5.03. The third-order valence-electron chi connectivity index (χ3n) is 4.49. The summed E-state index contributed by atoms with van der Waals surface area (Å²) in [6.45, 7) is 0.853. The van der Waals surface area contributed by atoms with E-state index in [0.717, 1.165) is 37.4 Å². The molecular formula is C18H18ClF3N2OS. The summed E-state index contributed by atoms with van der Waals surface area (Å²) in [5, 5.41) is 9.55. The van der Waals surface area contributed by atoms with Gasteiger partial charge in [0.15, 0.2) is 0 Å². The minimum atomic E-state index is -4.61. The fourth-order valence-electron chi connectivity index (χ4n) is 3.18. The molecule has 0 bridgehead atoms. The number of hydrogen-bond donors (Lipinski definition) is 2. The molecule has 2 heterocycles. The lowest BCUT2D eigenvalue weighted by atomic mass is 9.93. The van der Waals surface area contributed by atoms with Gasteiger partial charge in [0.05, 0.1) is 22.2 Å². The molecule has 2 atom stereocenters. The monoisotopic (exact) mass is 402 g/mol. The van der Waals surface area contributed by atoms with Crippen molar-refractivity contribution in [2.45, 2.75) is 37.5 Å². The van der Waals surface area contributed by atoms with Crippen LogP contribution in [0.3, 0.4) is 0 Å². The van der Waals surface area contributed by atoms with E-state index in [9.17, 15) is 18.0 Å². The Morgan fingerprint density at radius 2 is 2.12 bits per heavy atom. The first-order chi connectivity index (χ1) is 12.4. The van der Waals surface area contributed by atoms with Crippen molar-refractivity contribution in [1.82, 2.24) is 10.6 Å². The summed E-state index contributed by atoms with van der Waals surface area (Å²) in [5.41, 5.74) is -0.238. The average molecular weight is 403 g/mol. The molecule has 0 radical (unpaired) electrons. The van der Waals surface area contributed by atoms with E-state index in [4.69, 9.17) is 11.6 Å². The van der Waals surface area contributed by atoms with Gasteiger partial charge in [-0.2, -0.15) is 24.5 Å². The maximum absolute atomic E-state index is 13.0. The van der Waals surface area contributed by atoms with Gasteiger partial charge in [-0.1, -0.05) is 24.1 Å². The second kappa shape index (κ2) is 7.98. The Labute approximate surface area is 158 Å². The SMILES string of the molecule is O=C(N[C@@H](c1ccsc1)[C@@H]1CCCCN1)c1cccc(C(F)(F)F)c1Cl. The van der Waals surface area contributed by atoms with Crippen LogP contribution in [-0.4, -0.2) is 18.5 Å². The van der Waals surface area contributed by atoms with Crippen molar-refractivity contribution >= 4 is 28.8 Å². The van der Waals surface area contributed by atoms with Crippen LogP contribution in [0, 0.1) is 0 Å². The van der Waals surface area contributed by atoms with E-state index in [1.165, 1.54) is 23.5 Å². The van der Waals surface area contributed by atoms with Crippen molar-refractivity contribution in [2.24, 2.45) is 0 Å². The second-order valence-electron chi connectivity index (χ2n) is 6.23. The molecule has 1 amide bonds. The lowest BCUT2D eigenvalue weighted by Gasteiger charge is -2.32. The van der Waals surface area contributed by atoms with Crippen LogP contribution in [0.5, 0.6) is 0 Å². The molecule has 3 nitrogen and oxygen atoms in total. The average Bonchev–Trinajstić information content (AvgIpc) is 3.13. The number of amides is 1. The van der Waals surface area contributed by atoms with Crippen LogP contribution in [0.1, 0.15) is 46.8 Å². The van der Waals surface area contributed by atoms with Gasteiger partial charge in [0, 0.05) is 6.04 Å². The molecule has 0 aliphatic carbocycles. The van der Waals surface area contributed by atoms with E-state index >= 15 is 0 Å². The highest BCUT2D eigenvalue weighted by atomic mass is 35.5. The minimum Gasteiger partial charge on any atom is -0.344 e. The highest BCUT2D eigenvalue weighted by Crippen LogP contribution is 2.36. The summed E-state index contributed by atoms with van der Waals surface area (Å²) >= 11 is 7.40. The molecule has 0 spiro atoms. The molecule has 140 valence electrons. The highest BCUT2D eigenvalue weighted by molar-refractivity contribution is 7.08. The number of carbonyl (C=O) groups is 1. The van der Waals surface area contributed by atoms with Gasteiger partial charge < -0.3 is 10.6 Å². The van der Waals surface area contributed by atoms with E-state index in [0.29, 0.717) is 0 Å². The zero-order valence-electron chi connectivity index (χ0n) is 13.8. The third-order valence-corrected chi connectivity index (χ3v) is 5.60. The minimum absolute atomic E-state index is 0.0341. The molecule has 26 heavy (non-hydrogen) atoms. The summed E-state index contributed by atoms with van der Waals surface area (Å²) in [6.07, 6.45) is -1.61. The van der Waals surface area contributed by atoms with Crippen LogP contribution in [0.15, 0.2) is 35.0 Å². The lowest BCUT2D eigenvalue weighted by Crippen LogP contribution is -2.46. The van der Waals surface area contributed by atoms with Gasteiger partial charge in [-0.05, 0) is 53.9 Å². The smallest absolute Gasteiger partial charge is 0.344 e. The van der Waals surface area contributed by atoms with Crippen molar-refractivity contribution in [3.8, 4) is 0 Å². The third kappa shape index (κ3) is 4.22. The van der Waals surface area contributed by atoms with Crippen LogP contribution in [0.4, 0.5) is 13.2 Å². The van der Waals surface area contributed by atoms with E-state index in [2.05, 4.69) is 10.6 Å². The number of hydrogen-bond acceptors (Lipinski definition) is 3. The van der Waals surface area contributed by atoms with Crippen molar-refractivity contribution < 1.29 is 18.0 Å². The molecule has 1 aromatic heterocycles. The largest absolute Gasteiger partial charge is 0.417 e. The van der Waals surface area contributed by atoms with Crippen molar-refractivity contribution in [1.29, 1.82) is 0 Å².